The van der Waals surface area contributed by atoms with Gasteiger partial charge in [-0.2, -0.15) is 5.10 Å². The fraction of sp³-hybridized carbons (Fsp3) is 0.263. The first-order valence-corrected chi connectivity index (χ1v) is 8.20. The number of aryl methyl sites for hydroxylation is 3. The topological polar surface area (TPSA) is 61.1 Å². The van der Waals surface area contributed by atoms with Gasteiger partial charge in [-0.1, -0.05) is 18.2 Å². The summed E-state index contributed by atoms with van der Waals surface area (Å²) in [6.07, 6.45) is 5.35. The summed E-state index contributed by atoms with van der Waals surface area (Å²) in [6, 6.07) is 9.85. The van der Waals surface area contributed by atoms with Gasteiger partial charge in [0, 0.05) is 19.4 Å². The lowest BCUT2D eigenvalue weighted by Crippen LogP contribution is -2.29. The Morgan fingerprint density at radius 2 is 1.84 bits per heavy atom. The second kappa shape index (κ2) is 7.25. The largest absolute Gasteiger partial charge is 0.491 e. The van der Waals surface area contributed by atoms with Crippen LogP contribution in [0, 0.1) is 13.8 Å². The molecule has 6 heteroatoms. The molecular formula is C19H22N4O2. The molecule has 0 aliphatic heterocycles. The number of rotatable bonds is 6. The predicted octanol–water partition coefficient (Wildman–Crippen LogP) is 2.64. The van der Waals surface area contributed by atoms with Crippen LogP contribution in [0.5, 0.6) is 5.75 Å². The Bertz CT molecular complexity index is 845. The third kappa shape index (κ3) is 3.57. The molecule has 130 valence electrons. The maximum atomic E-state index is 12.5. The summed E-state index contributed by atoms with van der Waals surface area (Å²) < 4.78 is 9.37. The molecule has 0 bridgehead atoms. The van der Waals surface area contributed by atoms with E-state index in [1.807, 2.05) is 68.2 Å². The van der Waals surface area contributed by atoms with Gasteiger partial charge in [-0.15, -0.1) is 0 Å². The van der Waals surface area contributed by atoms with Crippen molar-refractivity contribution in [3.05, 3.63) is 65.6 Å². The lowest BCUT2D eigenvalue weighted by molar-refractivity contribution is 0.0947. The predicted molar refractivity (Wildman–Crippen MR) is 96.3 cm³/mol. The molecule has 0 fully saturated rings. The number of hydrogen-bond donors (Lipinski definition) is 1. The van der Waals surface area contributed by atoms with Gasteiger partial charge in [-0.3, -0.25) is 9.48 Å². The second-order valence-corrected chi connectivity index (χ2v) is 5.92. The van der Waals surface area contributed by atoms with Crippen molar-refractivity contribution < 1.29 is 9.53 Å². The summed E-state index contributed by atoms with van der Waals surface area (Å²) in [6.45, 7) is 4.86. The summed E-state index contributed by atoms with van der Waals surface area (Å²) in [4.78, 5) is 12.5. The molecule has 1 N–H and O–H groups in total. The van der Waals surface area contributed by atoms with Gasteiger partial charge in [0.1, 0.15) is 23.7 Å². The van der Waals surface area contributed by atoms with Gasteiger partial charge in [0.25, 0.3) is 5.91 Å². The number of amides is 1. The zero-order chi connectivity index (χ0) is 17.8. The van der Waals surface area contributed by atoms with Crippen LogP contribution in [0.25, 0.3) is 5.82 Å². The van der Waals surface area contributed by atoms with Gasteiger partial charge in [0.05, 0.1) is 12.7 Å². The van der Waals surface area contributed by atoms with Gasteiger partial charge in [0.15, 0.2) is 0 Å². The van der Waals surface area contributed by atoms with E-state index in [0.717, 1.165) is 22.7 Å². The number of carbonyl (C=O) groups excluding carboxylic acids is 1. The number of ether oxygens (including phenoxy) is 1. The highest BCUT2D eigenvalue weighted by Gasteiger charge is 2.17. The Morgan fingerprint density at radius 3 is 2.52 bits per heavy atom. The van der Waals surface area contributed by atoms with Gasteiger partial charge >= 0.3 is 0 Å². The Hall–Kier alpha value is -3.02. The standard InChI is InChI=1S/C19H22N4O2/c1-14-7-6-8-15(2)17(14)25-12-9-20-18(24)16-13-21-22(3)19(16)23-10-4-5-11-23/h4-8,10-11,13H,9,12H2,1-3H3,(H,20,24). The molecule has 3 aromatic rings. The molecule has 0 spiro atoms. The van der Waals surface area contributed by atoms with Crippen LogP contribution in [0.3, 0.4) is 0 Å². The van der Waals surface area contributed by atoms with E-state index >= 15 is 0 Å². The van der Waals surface area contributed by atoms with Crippen LogP contribution in [0.15, 0.2) is 48.9 Å². The molecule has 3 rings (SSSR count). The van der Waals surface area contributed by atoms with Crippen molar-refractivity contribution in [2.24, 2.45) is 7.05 Å². The SMILES string of the molecule is Cc1cccc(C)c1OCCNC(=O)c1cnn(C)c1-n1cccc1. The van der Waals surface area contributed by atoms with Crippen LogP contribution in [-0.4, -0.2) is 33.4 Å². The minimum Gasteiger partial charge on any atom is -0.491 e. The Labute approximate surface area is 147 Å². The number of carbonyl (C=O) groups is 1. The molecule has 0 aliphatic rings. The van der Waals surface area contributed by atoms with Crippen molar-refractivity contribution in [3.63, 3.8) is 0 Å². The van der Waals surface area contributed by atoms with Crippen LogP contribution in [-0.2, 0) is 7.05 Å². The van der Waals surface area contributed by atoms with E-state index in [1.54, 1.807) is 10.9 Å². The van der Waals surface area contributed by atoms with Gasteiger partial charge in [-0.25, -0.2) is 0 Å². The van der Waals surface area contributed by atoms with Crippen molar-refractivity contribution in [2.75, 3.05) is 13.2 Å². The van der Waals surface area contributed by atoms with Crippen LogP contribution >= 0.6 is 0 Å². The number of aromatic nitrogens is 3. The number of benzene rings is 1. The molecule has 6 nitrogen and oxygen atoms in total. The molecule has 0 saturated carbocycles. The Morgan fingerprint density at radius 1 is 1.16 bits per heavy atom. The fourth-order valence-corrected chi connectivity index (χ4v) is 2.81. The number of hydrogen-bond acceptors (Lipinski definition) is 3. The second-order valence-electron chi connectivity index (χ2n) is 5.92. The van der Waals surface area contributed by atoms with Gasteiger partial charge < -0.3 is 14.6 Å². The fourth-order valence-electron chi connectivity index (χ4n) is 2.81. The van der Waals surface area contributed by atoms with Crippen molar-refractivity contribution in [1.82, 2.24) is 19.7 Å². The van der Waals surface area contributed by atoms with Crippen LogP contribution in [0.2, 0.25) is 0 Å². The summed E-state index contributed by atoms with van der Waals surface area (Å²) in [7, 11) is 1.82. The zero-order valence-corrected chi connectivity index (χ0v) is 14.7. The molecule has 25 heavy (non-hydrogen) atoms. The van der Waals surface area contributed by atoms with E-state index in [-0.39, 0.29) is 5.91 Å². The van der Waals surface area contributed by atoms with E-state index in [9.17, 15) is 4.79 Å². The molecule has 0 saturated heterocycles. The smallest absolute Gasteiger partial charge is 0.256 e. The van der Waals surface area contributed by atoms with Gasteiger partial charge in [-0.05, 0) is 37.1 Å². The molecule has 0 atom stereocenters. The van der Waals surface area contributed by atoms with Crippen molar-refractivity contribution >= 4 is 5.91 Å². The molecule has 2 heterocycles. The lowest BCUT2D eigenvalue weighted by atomic mass is 10.1. The van der Waals surface area contributed by atoms with Crippen molar-refractivity contribution in [3.8, 4) is 11.6 Å². The highest BCUT2D eigenvalue weighted by molar-refractivity contribution is 5.97. The maximum Gasteiger partial charge on any atom is 0.256 e. The van der Waals surface area contributed by atoms with Crippen molar-refractivity contribution in [1.29, 1.82) is 0 Å². The highest BCUT2D eigenvalue weighted by atomic mass is 16.5. The van der Waals surface area contributed by atoms with Gasteiger partial charge in [0.2, 0.25) is 0 Å². The molecule has 1 aromatic carbocycles. The normalized spacial score (nSPS) is 10.7. The summed E-state index contributed by atoms with van der Waals surface area (Å²) in [5.74, 6) is 1.45. The first kappa shape index (κ1) is 16.8. The van der Waals surface area contributed by atoms with E-state index in [4.69, 9.17) is 4.74 Å². The van der Waals surface area contributed by atoms with Crippen LogP contribution in [0.4, 0.5) is 0 Å². The highest BCUT2D eigenvalue weighted by Crippen LogP contribution is 2.22. The van der Waals surface area contributed by atoms with Crippen LogP contribution < -0.4 is 10.1 Å². The zero-order valence-electron chi connectivity index (χ0n) is 14.7. The number of nitrogens with one attached hydrogen (secondary N) is 1. The quantitative estimate of drug-likeness (QED) is 0.703. The average molecular weight is 338 g/mol. The van der Waals surface area contributed by atoms with E-state index in [0.29, 0.717) is 18.7 Å². The molecule has 0 unspecified atom stereocenters. The minimum atomic E-state index is -0.165. The first-order valence-electron chi connectivity index (χ1n) is 8.20. The van der Waals surface area contributed by atoms with Crippen LogP contribution in [0.1, 0.15) is 21.5 Å². The Balaban J connectivity index is 1.61. The summed E-state index contributed by atoms with van der Waals surface area (Å²) in [5.41, 5.74) is 2.72. The molecule has 1 amide bonds. The third-order valence-electron chi connectivity index (χ3n) is 4.04. The summed E-state index contributed by atoms with van der Waals surface area (Å²) >= 11 is 0. The summed E-state index contributed by atoms with van der Waals surface area (Å²) in [5, 5.41) is 7.09. The molecule has 0 aliphatic carbocycles. The first-order chi connectivity index (χ1) is 12.1. The van der Waals surface area contributed by atoms with Crippen molar-refractivity contribution in [2.45, 2.75) is 13.8 Å². The van der Waals surface area contributed by atoms with E-state index in [2.05, 4.69) is 10.4 Å². The molecule has 2 aromatic heterocycles. The molecule has 0 radical (unpaired) electrons. The monoisotopic (exact) mass is 338 g/mol. The van der Waals surface area contributed by atoms with E-state index in [1.165, 1.54) is 0 Å². The Kier molecular flexibility index (Phi) is 4.88. The minimum absolute atomic E-state index is 0.165. The third-order valence-corrected chi connectivity index (χ3v) is 4.04. The number of nitrogens with zero attached hydrogens (tertiary/aromatic N) is 3. The maximum absolute atomic E-state index is 12.5. The number of para-hydroxylation sites is 1. The molecular weight excluding hydrogens is 316 g/mol. The van der Waals surface area contributed by atoms with E-state index < -0.39 is 0 Å². The lowest BCUT2D eigenvalue weighted by Gasteiger charge is -2.12. The average Bonchev–Trinajstić information content (AvgIpc) is 3.22.